The molecule has 0 bridgehead atoms. The number of hydrogen-bond donors (Lipinski definition) is 1. The first-order valence-electron chi connectivity index (χ1n) is 6.56. The first-order valence-corrected chi connectivity index (χ1v) is 6.56. The quantitative estimate of drug-likeness (QED) is 0.779. The van der Waals surface area contributed by atoms with Crippen LogP contribution in [-0.4, -0.2) is 35.2 Å². The van der Waals surface area contributed by atoms with Crippen LogP contribution in [0.15, 0.2) is 0 Å². The van der Waals surface area contributed by atoms with E-state index in [9.17, 15) is 5.11 Å². The first-order chi connectivity index (χ1) is 7.16. The third kappa shape index (κ3) is 3.76. The van der Waals surface area contributed by atoms with Crippen molar-refractivity contribution < 1.29 is 5.11 Å². The van der Waals surface area contributed by atoms with Gasteiger partial charge < -0.3 is 5.11 Å². The minimum atomic E-state index is -0.107. The van der Waals surface area contributed by atoms with Crippen molar-refractivity contribution in [3.8, 4) is 0 Å². The molecule has 3 unspecified atom stereocenters. The minimum absolute atomic E-state index is 0.107. The zero-order valence-corrected chi connectivity index (χ0v) is 10.6. The highest BCUT2D eigenvalue weighted by molar-refractivity contribution is 4.81. The lowest BCUT2D eigenvalue weighted by Gasteiger charge is -2.37. The van der Waals surface area contributed by atoms with Crippen molar-refractivity contribution >= 4 is 0 Å². The Labute approximate surface area is 94.7 Å². The summed E-state index contributed by atoms with van der Waals surface area (Å²) in [4.78, 5) is 2.38. The fraction of sp³-hybridized carbons (Fsp3) is 1.00. The van der Waals surface area contributed by atoms with Crippen molar-refractivity contribution in [2.45, 2.75) is 77.0 Å². The molecule has 0 aromatic heterocycles. The molecule has 3 atom stereocenters. The van der Waals surface area contributed by atoms with Crippen molar-refractivity contribution in [3.63, 3.8) is 0 Å². The van der Waals surface area contributed by atoms with E-state index < -0.39 is 0 Å². The second-order valence-electron chi connectivity index (χ2n) is 5.05. The van der Waals surface area contributed by atoms with E-state index in [1.54, 1.807) is 0 Å². The van der Waals surface area contributed by atoms with Gasteiger partial charge in [-0.1, -0.05) is 32.6 Å². The molecule has 15 heavy (non-hydrogen) atoms. The number of likely N-dealkylation sites (N-methyl/N-ethyl adjacent to an activating group) is 1. The fourth-order valence-corrected chi connectivity index (χ4v) is 2.54. The Balaban J connectivity index is 2.54. The van der Waals surface area contributed by atoms with Gasteiger partial charge in [0.25, 0.3) is 0 Å². The van der Waals surface area contributed by atoms with E-state index in [1.807, 2.05) is 0 Å². The molecule has 0 amide bonds. The molecule has 0 aromatic rings. The molecule has 1 aliphatic rings. The van der Waals surface area contributed by atoms with Crippen LogP contribution in [-0.2, 0) is 0 Å². The van der Waals surface area contributed by atoms with Gasteiger partial charge in [-0.05, 0) is 33.2 Å². The summed E-state index contributed by atoms with van der Waals surface area (Å²) in [5.41, 5.74) is 0. The molecule has 0 aromatic carbocycles. The summed E-state index contributed by atoms with van der Waals surface area (Å²) in [7, 11) is 2.17. The standard InChI is InChI=1S/C13H27NO/c1-4-11(2)14(3)12-9-7-5-6-8-10-13(12)15/h11-13,15H,4-10H2,1-3H3. The van der Waals surface area contributed by atoms with Crippen LogP contribution in [0, 0.1) is 0 Å². The van der Waals surface area contributed by atoms with Crippen LogP contribution in [0.5, 0.6) is 0 Å². The Morgan fingerprint density at radius 2 is 1.80 bits per heavy atom. The van der Waals surface area contributed by atoms with Gasteiger partial charge in [0, 0.05) is 12.1 Å². The van der Waals surface area contributed by atoms with Gasteiger partial charge in [-0.3, -0.25) is 4.90 Å². The summed E-state index contributed by atoms with van der Waals surface area (Å²) in [6.45, 7) is 4.47. The Morgan fingerprint density at radius 3 is 2.40 bits per heavy atom. The predicted octanol–water partition coefficient (Wildman–Crippen LogP) is 2.80. The van der Waals surface area contributed by atoms with Crippen molar-refractivity contribution in [2.75, 3.05) is 7.05 Å². The Kier molecular flexibility index (Phi) is 5.62. The molecule has 1 saturated carbocycles. The normalized spacial score (nSPS) is 31.0. The van der Waals surface area contributed by atoms with E-state index in [0.717, 1.165) is 6.42 Å². The maximum Gasteiger partial charge on any atom is 0.0695 e. The number of aliphatic hydroxyl groups is 1. The Bertz CT molecular complexity index is 172. The Morgan fingerprint density at radius 1 is 1.20 bits per heavy atom. The molecule has 0 radical (unpaired) electrons. The SMILES string of the molecule is CCC(C)N(C)C1CCCCCCC1O. The maximum absolute atomic E-state index is 10.1. The van der Waals surface area contributed by atoms with Gasteiger partial charge in [-0.15, -0.1) is 0 Å². The second kappa shape index (κ2) is 6.49. The number of hydrogen-bond acceptors (Lipinski definition) is 2. The summed E-state index contributed by atoms with van der Waals surface area (Å²) >= 11 is 0. The van der Waals surface area contributed by atoms with Gasteiger partial charge in [0.05, 0.1) is 6.10 Å². The van der Waals surface area contributed by atoms with Gasteiger partial charge in [0.15, 0.2) is 0 Å². The summed E-state index contributed by atoms with van der Waals surface area (Å²) in [6, 6.07) is 0.976. The Hall–Kier alpha value is -0.0800. The zero-order chi connectivity index (χ0) is 11.3. The van der Waals surface area contributed by atoms with Crippen molar-refractivity contribution in [1.82, 2.24) is 4.90 Å². The molecule has 1 rings (SSSR count). The van der Waals surface area contributed by atoms with E-state index in [1.165, 1.54) is 38.5 Å². The predicted molar refractivity (Wildman–Crippen MR) is 65.0 cm³/mol. The molecule has 0 aliphatic heterocycles. The minimum Gasteiger partial charge on any atom is -0.391 e. The molecule has 1 fully saturated rings. The van der Waals surface area contributed by atoms with Gasteiger partial charge in [-0.25, -0.2) is 0 Å². The monoisotopic (exact) mass is 213 g/mol. The molecule has 1 aliphatic carbocycles. The molecule has 2 nitrogen and oxygen atoms in total. The van der Waals surface area contributed by atoms with Crippen LogP contribution in [0.25, 0.3) is 0 Å². The highest BCUT2D eigenvalue weighted by atomic mass is 16.3. The average Bonchev–Trinajstić information content (AvgIpc) is 2.22. The van der Waals surface area contributed by atoms with Gasteiger partial charge >= 0.3 is 0 Å². The molecule has 0 saturated heterocycles. The summed E-state index contributed by atoms with van der Waals surface area (Å²) < 4.78 is 0. The maximum atomic E-state index is 10.1. The van der Waals surface area contributed by atoms with E-state index in [2.05, 4.69) is 25.8 Å². The van der Waals surface area contributed by atoms with Crippen LogP contribution >= 0.6 is 0 Å². The lowest BCUT2D eigenvalue weighted by atomic mass is 9.92. The highest BCUT2D eigenvalue weighted by Crippen LogP contribution is 2.22. The van der Waals surface area contributed by atoms with Crippen molar-refractivity contribution in [2.24, 2.45) is 0 Å². The van der Waals surface area contributed by atoms with Gasteiger partial charge in [0.2, 0.25) is 0 Å². The first kappa shape index (κ1) is 13.0. The zero-order valence-electron chi connectivity index (χ0n) is 10.6. The van der Waals surface area contributed by atoms with Gasteiger partial charge in [0.1, 0.15) is 0 Å². The highest BCUT2D eigenvalue weighted by Gasteiger charge is 2.26. The lowest BCUT2D eigenvalue weighted by Crippen LogP contribution is -2.46. The molecule has 1 N–H and O–H groups in total. The fourth-order valence-electron chi connectivity index (χ4n) is 2.54. The topological polar surface area (TPSA) is 23.5 Å². The van der Waals surface area contributed by atoms with E-state index in [4.69, 9.17) is 0 Å². The summed E-state index contributed by atoms with van der Waals surface area (Å²) in [6.07, 6.45) is 8.35. The van der Waals surface area contributed by atoms with E-state index in [0.29, 0.717) is 12.1 Å². The van der Waals surface area contributed by atoms with Crippen molar-refractivity contribution in [3.05, 3.63) is 0 Å². The number of aliphatic hydroxyl groups excluding tert-OH is 1. The molecular weight excluding hydrogens is 186 g/mol. The molecule has 2 heteroatoms. The van der Waals surface area contributed by atoms with E-state index >= 15 is 0 Å². The summed E-state index contributed by atoms with van der Waals surface area (Å²) in [5, 5.41) is 10.1. The van der Waals surface area contributed by atoms with Crippen LogP contribution in [0.4, 0.5) is 0 Å². The molecular formula is C13H27NO. The number of nitrogens with zero attached hydrogens (tertiary/aromatic N) is 1. The van der Waals surface area contributed by atoms with Crippen LogP contribution in [0.3, 0.4) is 0 Å². The van der Waals surface area contributed by atoms with Crippen molar-refractivity contribution in [1.29, 1.82) is 0 Å². The largest absolute Gasteiger partial charge is 0.391 e. The smallest absolute Gasteiger partial charge is 0.0695 e. The third-order valence-electron chi connectivity index (χ3n) is 4.00. The van der Waals surface area contributed by atoms with Crippen LogP contribution in [0.2, 0.25) is 0 Å². The summed E-state index contributed by atoms with van der Waals surface area (Å²) in [5.74, 6) is 0. The molecule has 0 heterocycles. The lowest BCUT2D eigenvalue weighted by molar-refractivity contribution is 0.0264. The number of rotatable bonds is 3. The van der Waals surface area contributed by atoms with Crippen LogP contribution in [0.1, 0.15) is 58.8 Å². The average molecular weight is 213 g/mol. The second-order valence-corrected chi connectivity index (χ2v) is 5.05. The van der Waals surface area contributed by atoms with Gasteiger partial charge in [-0.2, -0.15) is 0 Å². The molecule has 90 valence electrons. The van der Waals surface area contributed by atoms with E-state index in [-0.39, 0.29) is 6.10 Å². The van der Waals surface area contributed by atoms with Crippen LogP contribution < -0.4 is 0 Å². The third-order valence-corrected chi connectivity index (χ3v) is 4.00. The molecule has 0 spiro atoms.